The summed E-state index contributed by atoms with van der Waals surface area (Å²) in [6.07, 6.45) is 5.31. The standard InChI is InChI=1S/C35H49N7O2/c1-22-19-26(20-23(2)39-22)30-32(44)42(35(40-30)17-13-27(14-18-35)34(6,7)8)28(15-16-33(3,4)5)24-9-11-25(12-10-24)31(43)38-21-29(36)41-37/h9-12,19-20,27-28,36-37H,13-18,21H2,1-8H3,(H,38,43). The normalized spacial score (nSPS) is 21.3. The Morgan fingerprint density at radius 2 is 1.66 bits per heavy atom. The molecule has 9 nitrogen and oxygen atoms in total. The quantitative estimate of drug-likeness (QED) is 0.164. The summed E-state index contributed by atoms with van der Waals surface area (Å²) in [5, 5.41) is 13.2. The number of benzene rings is 1. The van der Waals surface area contributed by atoms with E-state index in [0.29, 0.717) is 17.2 Å². The van der Waals surface area contributed by atoms with Gasteiger partial charge in [-0.3, -0.25) is 25.0 Å². The van der Waals surface area contributed by atoms with Gasteiger partial charge in [0, 0.05) is 22.5 Å². The Morgan fingerprint density at radius 3 is 2.18 bits per heavy atom. The molecular weight excluding hydrogens is 550 g/mol. The summed E-state index contributed by atoms with van der Waals surface area (Å²) in [6, 6.07) is 11.2. The first-order valence-corrected chi connectivity index (χ1v) is 15.8. The third-order valence-corrected chi connectivity index (χ3v) is 9.14. The van der Waals surface area contributed by atoms with Crippen LogP contribution in [0, 0.1) is 41.5 Å². The van der Waals surface area contributed by atoms with Crippen molar-refractivity contribution in [1.82, 2.24) is 15.2 Å². The number of carbonyl (C=O) groups excluding carboxylic acids is 2. The van der Waals surface area contributed by atoms with E-state index in [4.69, 9.17) is 15.9 Å². The van der Waals surface area contributed by atoms with Crippen molar-refractivity contribution in [2.24, 2.45) is 26.9 Å². The molecule has 2 amide bonds. The number of aromatic nitrogens is 1. The first-order chi connectivity index (χ1) is 20.5. The number of aryl methyl sites for hydroxylation is 2. The van der Waals surface area contributed by atoms with E-state index >= 15 is 0 Å². The molecule has 4 rings (SSSR count). The summed E-state index contributed by atoms with van der Waals surface area (Å²) >= 11 is 0. The maximum atomic E-state index is 14.6. The molecule has 1 unspecified atom stereocenters. The maximum absolute atomic E-state index is 14.6. The van der Waals surface area contributed by atoms with E-state index in [0.717, 1.165) is 61.0 Å². The number of amides is 2. The molecule has 44 heavy (non-hydrogen) atoms. The van der Waals surface area contributed by atoms with Gasteiger partial charge in [-0.15, -0.1) is 5.11 Å². The zero-order valence-electron chi connectivity index (χ0n) is 27.7. The Bertz CT molecular complexity index is 1420. The van der Waals surface area contributed by atoms with Crippen molar-refractivity contribution in [2.75, 3.05) is 6.54 Å². The van der Waals surface area contributed by atoms with Crippen LogP contribution in [0.15, 0.2) is 46.5 Å². The fraction of sp³-hybridized carbons (Fsp3) is 0.571. The van der Waals surface area contributed by atoms with Gasteiger partial charge in [-0.2, -0.15) is 0 Å². The van der Waals surface area contributed by atoms with Gasteiger partial charge >= 0.3 is 0 Å². The van der Waals surface area contributed by atoms with Crippen LogP contribution in [0.5, 0.6) is 0 Å². The number of pyridine rings is 1. The number of hydrogen-bond acceptors (Lipinski definition) is 6. The highest BCUT2D eigenvalue weighted by atomic mass is 16.2. The van der Waals surface area contributed by atoms with Crippen molar-refractivity contribution in [3.05, 3.63) is 64.5 Å². The third kappa shape index (κ3) is 7.48. The molecule has 1 aromatic carbocycles. The molecule has 0 bridgehead atoms. The zero-order valence-corrected chi connectivity index (χ0v) is 27.7. The Balaban J connectivity index is 1.76. The highest BCUT2D eigenvalue weighted by Crippen LogP contribution is 2.50. The van der Waals surface area contributed by atoms with Gasteiger partial charge in [-0.25, -0.2) is 5.53 Å². The molecule has 236 valence electrons. The smallest absolute Gasteiger partial charge is 0.275 e. The van der Waals surface area contributed by atoms with Crippen molar-refractivity contribution < 1.29 is 9.59 Å². The molecular formula is C35H49N7O2. The third-order valence-electron chi connectivity index (χ3n) is 9.14. The second-order valence-corrected chi connectivity index (χ2v) is 14.9. The molecule has 3 N–H and O–H groups in total. The summed E-state index contributed by atoms with van der Waals surface area (Å²) in [7, 11) is 0. The molecule has 2 heterocycles. The average Bonchev–Trinajstić information content (AvgIpc) is 3.21. The van der Waals surface area contributed by atoms with Crippen molar-refractivity contribution >= 4 is 23.4 Å². The summed E-state index contributed by atoms with van der Waals surface area (Å²) in [4.78, 5) is 39.3. The van der Waals surface area contributed by atoms with Crippen molar-refractivity contribution in [3.8, 4) is 0 Å². The summed E-state index contributed by atoms with van der Waals surface area (Å²) < 4.78 is 0. The van der Waals surface area contributed by atoms with Crippen LogP contribution in [0.1, 0.15) is 119 Å². The van der Waals surface area contributed by atoms with Crippen LogP contribution in [0.25, 0.3) is 0 Å². The second kappa shape index (κ2) is 12.7. The monoisotopic (exact) mass is 599 g/mol. The maximum Gasteiger partial charge on any atom is 0.275 e. The van der Waals surface area contributed by atoms with E-state index < -0.39 is 5.66 Å². The number of rotatable bonds is 8. The predicted molar refractivity (Wildman–Crippen MR) is 174 cm³/mol. The van der Waals surface area contributed by atoms with Crippen molar-refractivity contribution in [1.29, 1.82) is 10.9 Å². The Hall–Kier alpha value is -3.75. The van der Waals surface area contributed by atoms with Gasteiger partial charge in [0.25, 0.3) is 11.8 Å². The molecule has 1 aliphatic heterocycles. The van der Waals surface area contributed by atoms with Crippen LogP contribution in [-0.4, -0.2) is 45.5 Å². The second-order valence-electron chi connectivity index (χ2n) is 14.9. The van der Waals surface area contributed by atoms with Crippen LogP contribution < -0.4 is 5.32 Å². The van der Waals surface area contributed by atoms with Gasteiger partial charge < -0.3 is 10.2 Å². The van der Waals surface area contributed by atoms with Gasteiger partial charge in [-0.1, -0.05) is 53.7 Å². The molecule has 0 saturated heterocycles. The van der Waals surface area contributed by atoms with E-state index in [1.54, 1.807) is 12.1 Å². The van der Waals surface area contributed by atoms with Crippen molar-refractivity contribution in [2.45, 2.75) is 106 Å². The fourth-order valence-electron chi connectivity index (χ4n) is 6.68. The lowest BCUT2D eigenvalue weighted by molar-refractivity contribution is -0.134. The van der Waals surface area contributed by atoms with Gasteiger partial charge in [0.1, 0.15) is 11.4 Å². The summed E-state index contributed by atoms with van der Waals surface area (Å²) in [5.41, 5.74) is 11.1. The molecule has 2 aliphatic rings. The first-order valence-electron chi connectivity index (χ1n) is 15.8. The van der Waals surface area contributed by atoms with E-state index in [2.05, 4.69) is 61.9 Å². The summed E-state index contributed by atoms with van der Waals surface area (Å²) in [6.45, 7) is 17.4. The molecule has 0 radical (unpaired) electrons. The van der Waals surface area contributed by atoms with Crippen LogP contribution >= 0.6 is 0 Å². The Kier molecular flexibility index (Phi) is 9.57. The minimum absolute atomic E-state index is 0.0393. The number of aliphatic imine (C=N–C) groups is 1. The number of amidine groups is 1. The number of nitrogens with zero attached hydrogens (tertiary/aromatic N) is 4. The molecule has 1 spiro atoms. The van der Waals surface area contributed by atoms with Crippen LogP contribution in [0.3, 0.4) is 0 Å². The lowest BCUT2D eigenvalue weighted by Crippen LogP contribution is -2.51. The Labute approximate surface area is 262 Å². The number of carbonyl (C=O) groups is 2. The lowest BCUT2D eigenvalue weighted by atomic mass is 9.69. The van der Waals surface area contributed by atoms with Crippen LogP contribution in [0.4, 0.5) is 0 Å². The van der Waals surface area contributed by atoms with E-state index in [1.807, 2.05) is 38.1 Å². The van der Waals surface area contributed by atoms with Crippen LogP contribution in [0.2, 0.25) is 0 Å². The topological polar surface area (TPSA) is 135 Å². The average molecular weight is 600 g/mol. The van der Waals surface area contributed by atoms with E-state index in [1.165, 1.54) is 0 Å². The Morgan fingerprint density at radius 1 is 1.07 bits per heavy atom. The molecule has 1 saturated carbocycles. The molecule has 2 aromatic rings. The fourth-order valence-corrected chi connectivity index (χ4v) is 6.68. The minimum atomic E-state index is -0.627. The molecule has 1 aromatic heterocycles. The van der Waals surface area contributed by atoms with Crippen LogP contribution in [-0.2, 0) is 4.79 Å². The SMILES string of the molecule is Cc1cc(C2=NC3(CCC(C(C)(C)C)CC3)N(C(CCC(C)(C)C)c3ccc(C(=O)NCC(=N)N=N)cc3)C2=O)cc(C)n1. The van der Waals surface area contributed by atoms with Gasteiger partial charge in [0.05, 0.1) is 12.6 Å². The molecule has 1 atom stereocenters. The molecule has 1 aliphatic carbocycles. The lowest BCUT2D eigenvalue weighted by Gasteiger charge is -2.47. The van der Waals surface area contributed by atoms with Gasteiger partial charge in [0.15, 0.2) is 5.84 Å². The van der Waals surface area contributed by atoms with Gasteiger partial charge in [0.2, 0.25) is 0 Å². The number of hydrogen-bond donors (Lipinski definition) is 3. The van der Waals surface area contributed by atoms with Gasteiger partial charge in [-0.05, 0) is 98.9 Å². The largest absolute Gasteiger partial charge is 0.345 e. The predicted octanol–water partition coefficient (Wildman–Crippen LogP) is 7.57. The minimum Gasteiger partial charge on any atom is -0.345 e. The van der Waals surface area contributed by atoms with Crippen molar-refractivity contribution in [3.63, 3.8) is 0 Å². The van der Waals surface area contributed by atoms with E-state index in [-0.39, 0.29) is 41.1 Å². The highest BCUT2D eigenvalue weighted by Gasteiger charge is 2.52. The first kappa shape index (κ1) is 33.1. The highest BCUT2D eigenvalue weighted by molar-refractivity contribution is 6.46. The van der Waals surface area contributed by atoms with E-state index in [9.17, 15) is 9.59 Å². The number of nitrogens with one attached hydrogen (secondary N) is 3. The zero-order chi connectivity index (χ0) is 32.4. The molecule has 9 heteroatoms. The summed E-state index contributed by atoms with van der Waals surface area (Å²) in [5.74, 6) is -0.0291. The molecule has 1 fully saturated rings.